The number of carbonyl (C=O) groups is 1. The number of rotatable bonds is 3. The van der Waals surface area contributed by atoms with Crippen LogP contribution in [0.1, 0.15) is 43.0 Å². The van der Waals surface area contributed by atoms with Crippen molar-refractivity contribution in [3.8, 4) is 0 Å². The van der Waals surface area contributed by atoms with Crippen LogP contribution in [0.2, 0.25) is 0 Å². The molecule has 0 bridgehead atoms. The van der Waals surface area contributed by atoms with Crippen LogP contribution in [0.5, 0.6) is 0 Å². The van der Waals surface area contributed by atoms with Crippen LogP contribution in [-0.2, 0) is 31.4 Å². The summed E-state index contributed by atoms with van der Waals surface area (Å²) in [4.78, 5) is 16.3. The Morgan fingerprint density at radius 2 is 2.00 bits per heavy atom. The van der Waals surface area contributed by atoms with Crippen molar-refractivity contribution in [3.05, 3.63) is 47.7 Å². The Kier molecular flexibility index (Phi) is 4.62. The quantitative estimate of drug-likeness (QED) is 0.687. The predicted molar refractivity (Wildman–Crippen MR) is 111 cm³/mol. The van der Waals surface area contributed by atoms with Gasteiger partial charge in [-0.05, 0) is 31.0 Å². The first-order valence-electron chi connectivity index (χ1n) is 10.6. The van der Waals surface area contributed by atoms with E-state index in [2.05, 4.69) is 61.7 Å². The first-order valence-corrected chi connectivity index (χ1v) is 10.6. The van der Waals surface area contributed by atoms with Gasteiger partial charge in [-0.3, -0.25) is 9.69 Å². The highest BCUT2D eigenvalue weighted by Crippen LogP contribution is 2.34. The first-order chi connectivity index (χ1) is 14.1. The largest absolute Gasteiger partial charge is 0.350 e. The maximum atomic E-state index is 11.8. The molecular weight excluding hydrogens is 364 g/mol. The second kappa shape index (κ2) is 7.30. The normalized spacial score (nSPS) is 20.2. The van der Waals surface area contributed by atoms with Gasteiger partial charge in [-0.15, -0.1) is 10.2 Å². The van der Waals surface area contributed by atoms with E-state index in [1.807, 2.05) is 4.90 Å². The number of aryl methyl sites for hydroxylation is 1. The Balaban J connectivity index is 1.41. The van der Waals surface area contributed by atoms with Gasteiger partial charge in [-0.2, -0.15) is 0 Å². The SMILES string of the molecule is CC(=O)N1CCc2nnc(C3CCCN3Cc3cn(C)c4ccccc34)n2CC1. The van der Waals surface area contributed by atoms with Crippen LogP contribution in [0.15, 0.2) is 30.5 Å². The van der Waals surface area contributed by atoms with Crippen molar-refractivity contribution in [1.29, 1.82) is 0 Å². The van der Waals surface area contributed by atoms with Crippen molar-refractivity contribution in [2.24, 2.45) is 7.05 Å². The van der Waals surface area contributed by atoms with Crippen molar-refractivity contribution in [3.63, 3.8) is 0 Å². The van der Waals surface area contributed by atoms with Crippen LogP contribution in [-0.4, -0.2) is 54.7 Å². The van der Waals surface area contributed by atoms with Crippen LogP contribution >= 0.6 is 0 Å². The molecule has 4 heterocycles. The molecule has 3 aromatic rings. The van der Waals surface area contributed by atoms with E-state index in [1.165, 1.54) is 22.9 Å². The van der Waals surface area contributed by atoms with Gasteiger partial charge in [-0.25, -0.2) is 0 Å². The lowest BCUT2D eigenvalue weighted by molar-refractivity contribution is -0.128. The molecule has 1 atom stereocenters. The monoisotopic (exact) mass is 392 g/mol. The zero-order valence-corrected chi connectivity index (χ0v) is 17.2. The number of aromatic nitrogens is 4. The van der Waals surface area contributed by atoms with Gasteiger partial charge >= 0.3 is 0 Å². The summed E-state index contributed by atoms with van der Waals surface area (Å²) >= 11 is 0. The molecule has 0 saturated carbocycles. The molecule has 152 valence electrons. The molecule has 2 aromatic heterocycles. The Morgan fingerprint density at radius 1 is 1.14 bits per heavy atom. The Morgan fingerprint density at radius 3 is 2.86 bits per heavy atom. The molecule has 1 saturated heterocycles. The topological polar surface area (TPSA) is 59.2 Å². The van der Waals surface area contributed by atoms with E-state index in [0.29, 0.717) is 6.04 Å². The molecule has 2 aliphatic heterocycles. The molecule has 0 N–H and O–H groups in total. The summed E-state index contributed by atoms with van der Waals surface area (Å²) in [7, 11) is 2.12. The van der Waals surface area contributed by atoms with E-state index >= 15 is 0 Å². The maximum absolute atomic E-state index is 11.8. The summed E-state index contributed by atoms with van der Waals surface area (Å²) in [5, 5.41) is 10.4. The first kappa shape index (κ1) is 18.4. The van der Waals surface area contributed by atoms with Gasteiger partial charge < -0.3 is 14.0 Å². The minimum atomic E-state index is 0.142. The molecule has 1 amide bonds. The van der Waals surface area contributed by atoms with Crippen LogP contribution in [0, 0.1) is 0 Å². The van der Waals surface area contributed by atoms with Crippen molar-refractivity contribution in [1.82, 2.24) is 29.1 Å². The molecule has 29 heavy (non-hydrogen) atoms. The zero-order chi connectivity index (χ0) is 20.0. The lowest BCUT2D eigenvalue weighted by Gasteiger charge is -2.24. The van der Waals surface area contributed by atoms with Gasteiger partial charge in [0.25, 0.3) is 0 Å². The molecule has 0 spiro atoms. The number of fused-ring (bicyclic) bond motifs is 2. The van der Waals surface area contributed by atoms with Gasteiger partial charge in [0.05, 0.1) is 6.04 Å². The predicted octanol–water partition coefficient (Wildman–Crippen LogP) is 2.51. The number of likely N-dealkylation sites (tertiary alicyclic amines) is 1. The van der Waals surface area contributed by atoms with E-state index in [0.717, 1.165) is 57.2 Å². The number of amides is 1. The summed E-state index contributed by atoms with van der Waals surface area (Å²) in [5.74, 6) is 2.23. The number of benzene rings is 1. The summed E-state index contributed by atoms with van der Waals surface area (Å²) in [6.07, 6.45) is 5.33. The number of para-hydroxylation sites is 1. The fraction of sp³-hybridized carbons (Fsp3) is 0.500. The molecule has 1 unspecified atom stereocenters. The van der Waals surface area contributed by atoms with Gasteiger partial charge in [0.15, 0.2) is 0 Å². The number of hydrogen-bond acceptors (Lipinski definition) is 4. The highest BCUT2D eigenvalue weighted by atomic mass is 16.2. The Hall–Kier alpha value is -2.67. The van der Waals surface area contributed by atoms with E-state index in [-0.39, 0.29) is 5.91 Å². The summed E-state index contributed by atoms with van der Waals surface area (Å²) < 4.78 is 4.49. The lowest BCUT2D eigenvalue weighted by atomic mass is 10.1. The van der Waals surface area contributed by atoms with E-state index < -0.39 is 0 Å². The van der Waals surface area contributed by atoms with Gasteiger partial charge in [0, 0.05) is 63.7 Å². The minimum Gasteiger partial charge on any atom is -0.350 e. The lowest BCUT2D eigenvalue weighted by Crippen LogP contribution is -2.32. The average Bonchev–Trinajstić information content (AvgIpc) is 3.37. The zero-order valence-electron chi connectivity index (χ0n) is 17.2. The molecule has 7 nitrogen and oxygen atoms in total. The summed E-state index contributed by atoms with van der Waals surface area (Å²) in [5.41, 5.74) is 2.65. The van der Waals surface area contributed by atoms with E-state index in [4.69, 9.17) is 0 Å². The standard InChI is InChI=1S/C22H28N6O/c1-16(29)26-11-9-21-23-24-22(28(21)13-12-26)20-8-5-10-27(20)15-17-14-25(2)19-7-4-3-6-18(17)19/h3-4,6-7,14,20H,5,8-13,15H2,1-2H3. The number of nitrogens with zero attached hydrogens (tertiary/aromatic N) is 6. The molecule has 0 aliphatic carbocycles. The maximum Gasteiger partial charge on any atom is 0.219 e. The average molecular weight is 393 g/mol. The Bertz CT molecular complexity index is 1050. The van der Waals surface area contributed by atoms with Crippen LogP contribution in [0.3, 0.4) is 0 Å². The third kappa shape index (κ3) is 3.23. The second-order valence-electron chi connectivity index (χ2n) is 8.29. The van der Waals surface area contributed by atoms with Crippen molar-refractivity contribution < 1.29 is 4.79 Å². The highest BCUT2D eigenvalue weighted by Gasteiger charge is 2.32. The second-order valence-corrected chi connectivity index (χ2v) is 8.29. The van der Waals surface area contributed by atoms with Crippen LogP contribution in [0.4, 0.5) is 0 Å². The molecular formula is C22H28N6O. The minimum absolute atomic E-state index is 0.142. The van der Waals surface area contributed by atoms with Crippen molar-refractivity contribution in [2.75, 3.05) is 19.6 Å². The van der Waals surface area contributed by atoms with Gasteiger partial charge in [0.1, 0.15) is 11.6 Å². The smallest absolute Gasteiger partial charge is 0.219 e. The van der Waals surface area contributed by atoms with E-state index in [1.54, 1.807) is 6.92 Å². The van der Waals surface area contributed by atoms with Gasteiger partial charge in [-0.1, -0.05) is 18.2 Å². The molecule has 1 fully saturated rings. The third-order valence-electron chi connectivity index (χ3n) is 6.51. The molecule has 0 radical (unpaired) electrons. The summed E-state index contributed by atoms with van der Waals surface area (Å²) in [6, 6.07) is 8.90. The molecule has 1 aromatic carbocycles. The third-order valence-corrected chi connectivity index (χ3v) is 6.51. The fourth-order valence-corrected chi connectivity index (χ4v) is 4.98. The molecule has 5 rings (SSSR count). The number of hydrogen-bond donors (Lipinski definition) is 0. The van der Waals surface area contributed by atoms with Crippen molar-refractivity contribution >= 4 is 16.8 Å². The Labute approximate surface area is 170 Å². The molecule has 2 aliphatic rings. The van der Waals surface area contributed by atoms with Crippen LogP contribution in [0.25, 0.3) is 10.9 Å². The highest BCUT2D eigenvalue weighted by molar-refractivity contribution is 5.83. The summed E-state index contributed by atoms with van der Waals surface area (Å²) in [6.45, 7) is 5.91. The number of carbonyl (C=O) groups excluding carboxylic acids is 1. The van der Waals surface area contributed by atoms with Crippen molar-refractivity contribution in [2.45, 2.75) is 45.3 Å². The van der Waals surface area contributed by atoms with Crippen LogP contribution < -0.4 is 0 Å². The molecule has 7 heteroatoms. The van der Waals surface area contributed by atoms with Gasteiger partial charge in [0.2, 0.25) is 5.91 Å². The van der Waals surface area contributed by atoms with E-state index in [9.17, 15) is 4.79 Å². The fourth-order valence-electron chi connectivity index (χ4n) is 4.98.